The van der Waals surface area contributed by atoms with E-state index in [1.165, 1.54) is 11.1 Å². The van der Waals surface area contributed by atoms with Gasteiger partial charge in [-0.1, -0.05) is 24.3 Å². The molecular formula is C22H33NO3. The topological polar surface area (TPSA) is 38.8 Å². The standard InChI is InChI=1S/C22H33NO3/c1-3-25-16-20-17-26-15-12-22(20)10-13-23(14-11-22)21(24)9-8-19-7-5-4-6-18(19)2/h4-7,20H,3,8-17H2,1-2H3. The zero-order valence-electron chi connectivity index (χ0n) is 16.3. The summed E-state index contributed by atoms with van der Waals surface area (Å²) in [6, 6.07) is 8.36. The number of rotatable bonds is 6. The Bertz CT molecular complexity index is 593. The highest BCUT2D eigenvalue weighted by Crippen LogP contribution is 2.44. The summed E-state index contributed by atoms with van der Waals surface area (Å²) in [6.07, 6.45) is 4.74. The largest absolute Gasteiger partial charge is 0.381 e. The molecular weight excluding hydrogens is 326 g/mol. The lowest BCUT2D eigenvalue weighted by molar-refractivity contribution is -0.138. The second-order valence-corrected chi connectivity index (χ2v) is 7.85. The number of carbonyl (C=O) groups is 1. The lowest BCUT2D eigenvalue weighted by Crippen LogP contribution is -2.50. The average Bonchev–Trinajstić information content (AvgIpc) is 2.67. The lowest BCUT2D eigenvalue weighted by Gasteiger charge is -2.49. The first-order valence-corrected chi connectivity index (χ1v) is 10.1. The SMILES string of the molecule is CCOCC1COCCC12CCN(C(=O)CCc1ccccc1C)CC2. The van der Waals surface area contributed by atoms with Crippen LogP contribution in [0.15, 0.2) is 24.3 Å². The molecule has 0 bridgehead atoms. The predicted octanol–water partition coefficient (Wildman–Crippen LogP) is 3.61. The van der Waals surface area contributed by atoms with Crippen LogP contribution in [0.1, 0.15) is 43.7 Å². The zero-order chi connectivity index (χ0) is 18.4. The Kier molecular flexibility index (Phi) is 6.71. The van der Waals surface area contributed by atoms with Gasteiger partial charge in [0.15, 0.2) is 0 Å². The van der Waals surface area contributed by atoms with E-state index >= 15 is 0 Å². The minimum absolute atomic E-state index is 0.302. The number of benzene rings is 1. The Morgan fingerprint density at radius 2 is 2.04 bits per heavy atom. The van der Waals surface area contributed by atoms with Gasteiger partial charge in [-0.15, -0.1) is 0 Å². The summed E-state index contributed by atoms with van der Waals surface area (Å²) in [5, 5.41) is 0. The Labute approximate surface area is 157 Å². The molecule has 2 fully saturated rings. The fourth-order valence-corrected chi connectivity index (χ4v) is 4.52. The van der Waals surface area contributed by atoms with Gasteiger partial charge < -0.3 is 14.4 Å². The summed E-state index contributed by atoms with van der Waals surface area (Å²) < 4.78 is 11.4. The van der Waals surface area contributed by atoms with Crippen molar-refractivity contribution in [2.24, 2.45) is 11.3 Å². The Balaban J connectivity index is 1.52. The van der Waals surface area contributed by atoms with Gasteiger partial charge in [-0.2, -0.15) is 0 Å². The Morgan fingerprint density at radius 1 is 1.27 bits per heavy atom. The normalized spacial score (nSPS) is 22.5. The van der Waals surface area contributed by atoms with E-state index in [1.54, 1.807) is 0 Å². The van der Waals surface area contributed by atoms with Crippen LogP contribution in [0.4, 0.5) is 0 Å². The van der Waals surface area contributed by atoms with Crippen molar-refractivity contribution in [1.82, 2.24) is 4.90 Å². The molecule has 0 aliphatic carbocycles. The van der Waals surface area contributed by atoms with Gasteiger partial charge in [-0.3, -0.25) is 4.79 Å². The number of amides is 1. The van der Waals surface area contributed by atoms with Gasteiger partial charge in [-0.05, 0) is 56.1 Å². The van der Waals surface area contributed by atoms with E-state index in [4.69, 9.17) is 9.47 Å². The highest BCUT2D eigenvalue weighted by Gasteiger charge is 2.44. The number of piperidine rings is 1. The molecule has 1 aromatic rings. The van der Waals surface area contributed by atoms with Crippen LogP contribution < -0.4 is 0 Å². The predicted molar refractivity (Wildman–Crippen MR) is 103 cm³/mol. The van der Waals surface area contributed by atoms with Crippen molar-refractivity contribution in [2.75, 3.05) is 39.5 Å². The fraction of sp³-hybridized carbons (Fsp3) is 0.682. The summed E-state index contributed by atoms with van der Waals surface area (Å²) in [6.45, 7) is 9.14. The second-order valence-electron chi connectivity index (χ2n) is 7.85. The van der Waals surface area contributed by atoms with Crippen molar-refractivity contribution in [1.29, 1.82) is 0 Å². The number of carbonyl (C=O) groups excluding carboxylic acids is 1. The molecule has 3 rings (SSSR count). The van der Waals surface area contributed by atoms with Crippen LogP contribution in [-0.2, 0) is 20.7 Å². The number of likely N-dealkylation sites (tertiary alicyclic amines) is 1. The van der Waals surface area contributed by atoms with E-state index in [9.17, 15) is 4.79 Å². The molecule has 26 heavy (non-hydrogen) atoms. The molecule has 1 unspecified atom stereocenters. The molecule has 1 atom stereocenters. The maximum atomic E-state index is 12.7. The third kappa shape index (κ3) is 4.47. The van der Waals surface area contributed by atoms with Crippen LogP contribution in [0, 0.1) is 18.3 Å². The van der Waals surface area contributed by atoms with Crippen molar-refractivity contribution in [3.63, 3.8) is 0 Å². The molecule has 1 amide bonds. The Morgan fingerprint density at radius 3 is 2.77 bits per heavy atom. The van der Waals surface area contributed by atoms with Crippen molar-refractivity contribution in [2.45, 2.75) is 46.0 Å². The van der Waals surface area contributed by atoms with Crippen molar-refractivity contribution in [3.8, 4) is 0 Å². The maximum absolute atomic E-state index is 12.7. The fourth-order valence-electron chi connectivity index (χ4n) is 4.52. The van der Waals surface area contributed by atoms with Gasteiger partial charge in [0.25, 0.3) is 0 Å². The quantitative estimate of drug-likeness (QED) is 0.779. The van der Waals surface area contributed by atoms with Crippen molar-refractivity contribution in [3.05, 3.63) is 35.4 Å². The van der Waals surface area contributed by atoms with E-state index in [1.807, 2.05) is 6.92 Å². The van der Waals surface area contributed by atoms with Crippen LogP contribution in [0.2, 0.25) is 0 Å². The number of ether oxygens (including phenoxy) is 2. The third-order valence-corrected chi connectivity index (χ3v) is 6.43. The minimum Gasteiger partial charge on any atom is -0.381 e. The molecule has 1 aromatic carbocycles. The summed E-state index contributed by atoms with van der Waals surface area (Å²) in [4.78, 5) is 14.8. The highest BCUT2D eigenvalue weighted by atomic mass is 16.5. The third-order valence-electron chi connectivity index (χ3n) is 6.43. The van der Waals surface area contributed by atoms with Crippen molar-refractivity contribution >= 4 is 5.91 Å². The van der Waals surface area contributed by atoms with Crippen molar-refractivity contribution < 1.29 is 14.3 Å². The monoisotopic (exact) mass is 359 g/mol. The van der Waals surface area contributed by atoms with Gasteiger partial charge in [0, 0.05) is 38.6 Å². The molecule has 2 aliphatic heterocycles. The van der Waals surface area contributed by atoms with Crippen LogP contribution in [0.25, 0.3) is 0 Å². The lowest BCUT2D eigenvalue weighted by atomic mass is 9.66. The molecule has 4 nitrogen and oxygen atoms in total. The molecule has 2 aliphatic rings. The van der Waals surface area contributed by atoms with Gasteiger partial charge in [0.05, 0.1) is 13.2 Å². The first-order chi connectivity index (χ1) is 12.6. The van der Waals surface area contributed by atoms with E-state index in [0.29, 0.717) is 23.7 Å². The molecule has 0 radical (unpaired) electrons. The first-order valence-electron chi connectivity index (χ1n) is 10.1. The number of aryl methyl sites for hydroxylation is 2. The van der Waals surface area contributed by atoms with Gasteiger partial charge >= 0.3 is 0 Å². The van der Waals surface area contributed by atoms with Gasteiger partial charge in [0.1, 0.15) is 0 Å². The van der Waals surface area contributed by atoms with Crippen LogP contribution in [0.5, 0.6) is 0 Å². The van der Waals surface area contributed by atoms with E-state index in [0.717, 1.165) is 65.2 Å². The molecule has 2 saturated heterocycles. The van der Waals surface area contributed by atoms with Gasteiger partial charge in [0.2, 0.25) is 5.91 Å². The Hall–Kier alpha value is -1.39. The summed E-state index contributed by atoms with van der Waals surface area (Å²) >= 11 is 0. The zero-order valence-corrected chi connectivity index (χ0v) is 16.3. The summed E-state index contributed by atoms with van der Waals surface area (Å²) in [5.74, 6) is 0.775. The molecule has 0 N–H and O–H groups in total. The molecule has 2 heterocycles. The molecule has 4 heteroatoms. The maximum Gasteiger partial charge on any atom is 0.222 e. The van der Waals surface area contributed by atoms with E-state index in [2.05, 4.69) is 36.1 Å². The molecule has 0 saturated carbocycles. The number of hydrogen-bond donors (Lipinski definition) is 0. The summed E-state index contributed by atoms with van der Waals surface area (Å²) in [7, 11) is 0. The van der Waals surface area contributed by atoms with Crippen LogP contribution in [-0.4, -0.2) is 50.3 Å². The molecule has 144 valence electrons. The van der Waals surface area contributed by atoms with E-state index in [-0.39, 0.29) is 0 Å². The minimum atomic E-state index is 0.302. The summed E-state index contributed by atoms with van der Waals surface area (Å²) in [5.41, 5.74) is 2.87. The smallest absolute Gasteiger partial charge is 0.222 e. The first kappa shape index (κ1) is 19.4. The van der Waals surface area contributed by atoms with Crippen LogP contribution in [0.3, 0.4) is 0 Å². The van der Waals surface area contributed by atoms with Gasteiger partial charge in [-0.25, -0.2) is 0 Å². The number of nitrogens with zero attached hydrogens (tertiary/aromatic N) is 1. The number of hydrogen-bond acceptors (Lipinski definition) is 3. The molecule has 0 aromatic heterocycles. The molecule has 1 spiro atoms. The second kappa shape index (κ2) is 9.01. The average molecular weight is 360 g/mol. The highest BCUT2D eigenvalue weighted by molar-refractivity contribution is 5.76. The van der Waals surface area contributed by atoms with Crippen LogP contribution >= 0.6 is 0 Å². The van der Waals surface area contributed by atoms with E-state index < -0.39 is 0 Å².